The van der Waals surface area contributed by atoms with Gasteiger partial charge in [0.15, 0.2) is 0 Å². The number of carbonyl (C=O) groups is 1. The molecule has 1 N–H and O–H groups in total. The summed E-state index contributed by atoms with van der Waals surface area (Å²) in [5.74, 6) is -1.21. The molecule has 0 heterocycles. The molecule has 1 amide bonds. The maximum Gasteiger partial charge on any atom is 0.315 e. The average Bonchev–Trinajstić information content (AvgIpc) is 1.82. The molecular formula is C4H6BrF2NO. The van der Waals surface area contributed by atoms with Crippen molar-refractivity contribution in [3.05, 3.63) is 0 Å². The topological polar surface area (TPSA) is 29.1 Å². The van der Waals surface area contributed by atoms with Gasteiger partial charge in [-0.2, -0.15) is 8.78 Å². The van der Waals surface area contributed by atoms with Crippen molar-refractivity contribution >= 4 is 21.8 Å². The maximum absolute atomic E-state index is 11.3. The largest absolute Gasteiger partial charge is 0.350 e. The highest BCUT2D eigenvalue weighted by atomic mass is 79.9. The normalized spacial score (nSPS) is 9.78. The predicted octanol–water partition coefficient (Wildman–Crippen LogP) is 0.763. The van der Waals surface area contributed by atoms with Crippen molar-refractivity contribution in [2.75, 3.05) is 11.9 Å². The third kappa shape index (κ3) is 4.32. The Balaban J connectivity index is 3.28. The quantitative estimate of drug-likeness (QED) is 0.672. The van der Waals surface area contributed by atoms with Crippen molar-refractivity contribution in [2.45, 2.75) is 6.43 Å². The third-order valence-electron chi connectivity index (χ3n) is 0.592. The monoisotopic (exact) mass is 201 g/mol. The summed E-state index contributed by atoms with van der Waals surface area (Å²) in [5, 5.41) is 2.49. The second-order valence-electron chi connectivity index (χ2n) is 1.28. The van der Waals surface area contributed by atoms with Crippen LogP contribution in [0.1, 0.15) is 0 Å². The smallest absolute Gasteiger partial charge is 0.315 e. The lowest BCUT2D eigenvalue weighted by molar-refractivity contribution is -0.131. The second-order valence-corrected chi connectivity index (χ2v) is 2.07. The van der Waals surface area contributed by atoms with Gasteiger partial charge in [0.2, 0.25) is 0 Å². The van der Waals surface area contributed by atoms with Crippen LogP contribution in [0.4, 0.5) is 8.78 Å². The minimum atomic E-state index is -2.90. The van der Waals surface area contributed by atoms with E-state index in [1.54, 1.807) is 0 Å². The Morgan fingerprint density at radius 1 is 1.67 bits per heavy atom. The molecule has 0 radical (unpaired) electrons. The third-order valence-corrected chi connectivity index (χ3v) is 0.988. The van der Waals surface area contributed by atoms with Gasteiger partial charge < -0.3 is 5.32 Å². The lowest BCUT2D eigenvalue weighted by Gasteiger charge is -1.98. The Bertz CT molecular complexity index is 98.6. The summed E-state index contributed by atoms with van der Waals surface area (Å²) in [4.78, 5) is 10.0. The van der Waals surface area contributed by atoms with Crippen LogP contribution < -0.4 is 5.32 Å². The predicted molar refractivity (Wildman–Crippen MR) is 32.8 cm³/mol. The van der Waals surface area contributed by atoms with E-state index in [0.717, 1.165) is 0 Å². The van der Waals surface area contributed by atoms with Crippen molar-refractivity contribution in [1.29, 1.82) is 0 Å². The van der Waals surface area contributed by atoms with E-state index in [0.29, 0.717) is 5.33 Å². The number of alkyl halides is 3. The number of halogens is 3. The van der Waals surface area contributed by atoms with Gasteiger partial charge in [-0.15, -0.1) is 0 Å². The molecule has 2 nitrogen and oxygen atoms in total. The molecule has 0 aliphatic heterocycles. The number of carbonyl (C=O) groups excluding carboxylic acids is 1. The van der Waals surface area contributed by atoms with Gasteiger partial charge in [0.05, 0.1) is 0 Å². The molecule has 9 heavy (non-hydrogen) atoms. The molecule has 0 spiro atoms. The summed E-state index contributed by atoms with van der Waals surface area (Å²) in [7, 11) is 0. The van der Waals surface area contributed by atoms with Crippen molar-refractivity contribution < 1.29 is 13.6 Å². The molecular weight excluding hydrogens is 196 g/mol. The highest BCUT2D eigenvalue weighted by molar-refractivity contribution is 9.09. The Morgan fingerprint density at radius 2 is 2.22 bits per heavy atom. The van der Waals surface area contributed by atoms with E-state index in [4.69, 9.17) is 0 Å². The van der Waals surface area contributed by atoms with Crippen molar-refractivity contribution in [3.8, 4) is 0 Å². The number of rotatable bonds is 3. The lowest BCUT2D eigenvalue weighted by atomic mass is 10.6. The van der Waals surface area contributed by atoms with Crippen LogP contribution in [-0.2, 0) is 4.79 Å². The molecule has 5 heteroatoms. The van der Waals surface area contributed by atoms with Gasteiger partial charge in [0.25, 0.3) is 5.91 Å². The molecule has 0 unspecified atom stereocenters. The van der Waals surface area contributed by atoms with Crippen LogP contribution in [0.2, 0.25) is 0 Å². The first-order valence-electron chi connectivity index (χ1n) is 2.30. The van der Waals surface area contributed by atoms with Gasteiger partial charge in [0, 0.05) is 11.9 Å². The van der Waals surface area contributed by atoms with Crippen LogP contribution in [0.25, 0.3) is 0 Å². The summed E-state index contributed by atoms with van der Waals surface area (Å²) >= 11 is 2.97. The van der Waals surface area contributed by atoms with Gasteiger partial charge in [-0.25, -0.2) is 0 Å². The van der Waals surface area contributed by atoms with Crippen molar-refractivity contribution in [2.24, 2.45) is 0 Å². The van der Waals surface area contributed by atoms with Crippen molar-refractivity contribution in [3.63, 3.8) is 0 Å². The van der Waals surface area contributed by atoms with Gasteiger partial charge in [0.1, 0.15) is 0 Å². The van der Waals surface area contributed by atoms with E-state index in [-0.39, 0.29) is 6.54 Å². The Labute approximate surface area is 59.7 Å². The lowest BCUT2D eigenvalue weighted by Crippen LogP contribution is -2.30. The van der Waals surface area contributed by atoms with E-state index in [2.05, 4.69) is 15.9 Å². The molecule has 0 bridgehead atoms. The number of nitrogens with one attached hydrogen (secondary N) is 1. The second kappa shape index (κ2) is 4.67. The fraction of sp³-hybridized carbons (Fsp3) is 0.750. The Hall–Kier alpha value is -0.190. The van der Waals surface area contributed by atoms with Crippen LogP contribution in [0.5, 0.6) is 0 Å². The molecule has 0 fully saturated rings. The highest BCUT2D eigenvalue weighted by Crippen LogP contribution is 1.89. The summed E-state index contributed by atoms with van der Waals surface area (Å²) in [5.41, 5.74) is 0. The molecule has 0 aromatic rings. The van der Waals surface area contributed by atoms with Gasteiger partial charge in [-0.05, 0) is 0 Å². The summed E-state index contributed by atoms with van der Waals surface area (Å²) in [6, 6.07) is 0. The highest BCUT2D eigenvalue weighted by Gasteiger charge is 2.12. The molecule has 0 atom stereocenters. The average molecular weight is 202 g/mol. The number of hydrogen-bond donors (Lipinski definition) is 1. The van der Waals surface area contributed by atoms with Crippen molar-refractivity contribution in [1.82, 2.24) is 5.32 Å². The summed E-state index contributed by atoms with van der Waals surface area (Å²) in [6.07, 6.45) is -2.90. The van der Waals surface area contributed by atoms with E-state index in [1.165, 1.54) is 0 Å². The Kier molecular flexibility index (Phi) is 4.57. The molecule has 0 aliphatic carbocycles. The fourth-order valence-corrected chi connectivity index (χ4v) is 0.446. The Morgan fingerprint density at radius 3 is 2.56 bits per heavy atom. The van der Waals surface area contributed by atoms with E-state index in [1.807, 2.05) is 5.32 Å². The number of amides is 1. The SMILES string of the molecule is O=C(NCCBr)C(F)F. The molecule has 0 aromatic heterocycles. The van der Waals surface area contributed by atoms with Crippen LogP contribution in [0.15, 0.2) is 0 Å². The summed E-state index contributed by atoms with van der Waals surface area (Å²) < 4.78 is 22.6. The molecule has 54 valence electrons. The molecule has 0 aromatic carbocycles. The standard InChI is InChI=1S/C4H6BrF2NO/c5-1-2-8-4(9)3(6)7/h3H,1-2H2,(H,8,9). The van der Waals surface area contributed by atoms with Crippen LogP contribution in [0.3, 0.4) is 0 Å². The van der Waals surface area contributed by atoms with Gasteiger partial charge in [-0.3, -0.25) is 4.79 Å². The number of hydrogen-bond acceptors (Lipinski definition) is 1. The van der Waals surface area contributed by atoms with Crippen LogP contribution >= 0.6 is 15.9 Å². The first kappa shape index (κ1) is 8.81. The van der Waals surface area contributed by atoms with E-state index in [9.17, 15) is 13.6 Å². The minimum Gasteiger partial charge on any atom is -0.350 e. The molecule has 0 saturated heterocycles. The zero-order valence-corrected chi connectivity index (χ0v) is 6.12. The maximum atomic E-state index is 11.3. The zero-order chi connectivity index (χ0) is 7.28. The molecule has 0 aliphatic rings. The molecule has 0 saturated carbocycles. The van der Waals surface area contributed by atoms with Gasteiger partial charge >= 0.3 is 6.43 Å². The first-order valence-corrected chi connectivity index (χ1v) is 3.42. The van der Waals surface area contributed by atoms with E-state index >= 15 is 0 Å². The minimum absolute atomic E-state index is 0.239. The molecule has 0 rings (SSSR count). The van der Waals surface area contributed by atoms with Gasteiger partial charge in [-0.1, -0.05) is 15.9 Å². The summed E-state index contributed by atoms with van der Waals surface area (Å²) in [6.45, 7) is 0.239. The van der Waals surface area contributed by atoms with Crippen LogP contribution in [0, 0.1) is 0 Å². The zero-order valence-electron chi connectivity index (χ0n) is 4.53. The first-order chi connectivity index (χ1) is 4.18. The van der Waals surface area contributed by atoms with E-state index < -0.39 is 12.3 Å². The fourth-order valence-electron chi connectivity index (χ4n) is 0.248. The van der Waals surface area contributed by atoms with Crippen LogP contribution in [-0.4, -0.2) is 24.2 Å².